The van der Waals surface area contributed by atoms with Crippen LogP contribution >= 0.6 is 0 Å². The van der Waals surface area contributed by atoms with Crippen LogP contribution in [0, 0.1) is 11.8 Å². The van der Waals surface area contributed by atoms with E-state index in [1.54, 1.807) is 20.9 Å². The van der Waals surface area contributed by atoms with Crippen molar-refractivity contribution in [3.63, 3.8) is 0 Å². The van der Waals surface area contributed by atoms with Gasteiger partial charge in [-0.3, -0.25) is 0 Å². The molecule has 5 N–H and O–H groups in total. The molecule has 0 aromatic carbocycles. The molecule has 3 rings (SSSR count). The first-order chi connectivity index (χ1) is 21.3. The van der Waals surface area contributed by atoms with E-state index in [1.165, 1.54) is 32.1 Å². The normalized spacial score (nSPS) is 22.0. The summed E-state index contributed by atoms with van der Waals surface area (Å²) >= 11 is 0. The van der Waals surface area contributed by atoms with Gasteiger partial charge >= 0.3 is 88.7 Å². The summed E-state index contributed by atoms with van der Waals surface area (Å²) in [5.74, 6) is -2.74. The summed E-state index contributed by atoms with van der Waals surface area (Å²) in [5.41, 5.74) is -0.144. The van der Waals surface area contributed by atoms with Crippen LogP contribution in [0.25, 0.3) is 0 Å². The second-order valence-corrected chi connectivity index (χ2v) is 17.9. The van der Waals surface area contributed by atoms with Crippen LogP contribution in [0.2, 0.25) is 0 Å². The summed E-state index contributed by atoms with van der Waals surface area (Å²) in [6.07, 6.45) is 10.8. The first kappa shape index (κ1) is 61.9. The predicted octanol–water partition coefficient (Wildman–Crippen LogP) is -7.11. The number of hydrogen-bond acceptors (Lipinski definition) is 12. The number of piperidine rings is 1. The molecule has 3 fully saturated rings. The van der Waals surface area contributed by atoms with Gasteiger partial charge in [-0.15, -0.1) is 0 Å². The molecule has 2 atom stereocenters. The van der Waals surface area contributed by atoms with Crippen molar-refractivity contribution in [2.75, 3.05) is 32.9 Å². The van der Waals surface area contributed by atoms with E-state index < -0.39 is 27.6 Å². The molecule has 0 aromatic rings. The fourth-order valence-corrected chi connectivity index (χ4v) is 7.15. The summed E-state index contributed by atoms with van der Waals surface area (Å²) in [6.45, 7) is 19.9. The Morgan fingerprint density at radius 3 is 1.37 bits per heavy atom. The van der Waals surface area contributed by atoms with Crippen molar-refractivity contribution in [3.8, 4) is 0 Å². The predicted molar refractivity (Wildman–Crippen MR) is 191 cm³/mol. The van der Waals surface area contributed by atoms with Gasteiger partial charge in [0.1, 0.15) is 0 Å². The van der Waals surface area contributed by atoms with Crippen LogP contribution in [-0.4, -0.2) is 92.1 Å². The average Bonchev–Trinajstić information content (AvgIpc) is 2.92. The molecule has 1 aliphatic heterocycles. The Balaban J connectivity index is -0.000000190. The summed E-state index contributed by atoms with van der Waals surface area (Å²) < 4.78 is 30.6. The molecule has 0 radical (unpaired) electrons. The minimum atomic E-state index is -4.11. The van der Waals surface area contributed by atoms with Crippen LogP contribution in [0.5, 0.6) is 0 Å². The molecule has 12 nitrogen and oxygen atoms in total. The molecule has 16 heteroatoms. The van der Waals surface area contributed by atoms with Gasteiger partial charge in [-0.25, -0.2) is 8.42 Å². The second kappa shape index (κ2) is 29.0. The molecule has 0 aromatic heterocycles. The maximum Gasteiger partial charge on any atom is 1.00 e. The van der Waals surface area contributed by atoms with Gasteiger partial charge in [-0.05, 0) is 134 Å². The Bertz CT molecular complexity index is 1010. The second-order valence-electron chi connectivity index (χ2n) is 16.5. The SMILES string of the molecule is C.CC(C)(C)NC1CC(NC(C)(C)C)CC(C(=O)[O-])C1.CNC(C)(C)CS(=O)(=O)[O-].CNC1(C)CCCCC1.O=C([O-])C1CCNCC1.[Na+].[Na+].[Na+]. The summed E-state index contributed by atoms with van der Waals surface area (Å²) in [5, 5.41) is 37.7. The number of carboxylic acids is 2. The third-order valence-electron chi connectivity index (χ3n) is 8.76. The Morgan fingerprint density at radius 1 is 0.745 bits per heavy atom. The fourth-order valence-electron chi connectivity index (χ4n) is 6.13. The van der Waals surface area contributed by atoms with Crippen molar-refractivity contribution in [1.82, 2.24) is 26.6 Å². The van der Waals surface area contributed by atoms with Crippen molar-refractivity contribution in [3.05, 3.63) is 0 Å². The quantitative estimate of drug-likeness (QED) is 0.116. The van der Waals surface area contributed by atoms with E-state index in [4.69, 9.17) is 0 Å². The van der Waals surface area contributed by atoms with Gasteiger partial charge in [0, 0.05) is 58.0 Å². The number of hydrogen-bond donors (Lipinski definition) is 5. The van der Waals surface area contributed by atoms with Crippen LogP contribution in [0.3, 0.4) is 0 Å². The average molecular weight is 776 g/mol. The molecular formula is C35H72N5Na3O7S. The van der Waals surface area contributed by atoms with Crippen molar-refractivity contribution in [1.29, 1.82) is 0 Å². The molecule has 2 aliphatic carbocycles. The first-order valence-corrected chi connectivity index (χ1v) is 18.9. The molecule has 3 aliphatic rings. The molecule has 0 bridgehead atoms. The molecule has 2 unspecified atom stereocenters. The van der Waals surface area contributed by atoms with Crippen molar-refractivity contribution in [2.24, 2.45) is 11.8 Å². The fraction of sp³-hybridized carbons (Fsp3) is 0.943. The first-order valence-electron chi connectivity index (χ1n) is 17.3. The number of carbonyl (C=O) groups excluding carboxylic acids is 2. The Morgan fingerprint density at radius 2 is 1.14 bits per heavy atom. The molecule has 0 amide bonds. The number of carboxylic acid groups (broad SMARTS) is 2. The van der Waals surface area contributed by atoms with E-state index in [9.17, 15) is 32.8 Å². The van der Waals surface area contributed by atoms with Gasteiger partial charge in [-0.1, -0.05) is 26.7 Å². The summed E-state index contributed by atoms with van der Waals surface area (Å²) in [7, 11) is -0.415. The van der Waals surface area contributed by atoms with E-state index in [2.05, 4.69) is 82.1 Å². The third kappa shape index (κ3) is 33.5. The van der Waals surface area contributed by atoms with Crippen LogP contribution < -0.4 is 125 Å². The zero-order valence-corrected chi connectivity index (χ0v) is 41.1. The van der Waals surface area contributed by atoms with E-state index in [-0.39, 0.29) is 137 Å². The summed E-state index contributed by atoms with van der Waals surface area (Å²) in [6, 6.07) is 0.466. The molecule has 1 heterocycles. The van der Waals surface area contributed by atoms with Crippen LogP contribution in [0.1, 0.15) is 134 Å². The minimum absolute atomic E-state index is 0. The molecule has 0 spiro atoms. The molecule has 1 saturated heterocycles. The standard InChI is InChI=1S/C15H30N2O2.C8H17N.C6H11NO2.C5H13NO3S.CH4.3Na/c1-14(2,3)16-11-7-10(13(18)19)8-12(9-11)17-15(4,5)6;1-8(9-2)6-4-3-5-7-8;8-6(9)5-1-3-7-4-2-5;1-5(2,6-3)4-10(7,8)9;;;;/h10-12,16-17H,7-9H2,1-6H3,(H,18,19);9H,3-7H2,1-2H3;5,7H,1-4H2,(H,8,9);6H,4H2,1-3H3,(H,7,8,9);1H4;;;/q;;;;;3*+1/p-3. The number of nitrogens with one attached hydrogen (secondary N) is 5. The topological polar surface area (TPSA) is 198 Å². The van der Waals surface area contributed by atoms with E-state index in [0.717, 1.165) is 32.4 Å². The van der Waals surface area contributed by atoms with Gasteiger partial charge in [0.15, 0.2) is 0 Å². The number of carbonyl (C=O) groups is 2. The zero-order chi connectivity index (χ0) is 36.7. The van der Waals surface area contributed by atoms with Crippen LogP contribution in [0.15, 0.2) is 0 Å². The van der Waals surface area contributed by atoms with E-state index in [0.29, 0.717) is 18.4 Å². The van der Waals surface area contributed by atoms with E-state index >= 15 is 0 Å². The zero-order valence-electron chi connectivity index (χ0n) is 34.3. The summed E-state index contributed by atoms with van der Waals surface area (Å²) in [4.78, 5) is 21.4. The molecule has 288 valence electrons. The Labute approximate surface area is 379 Å². The van der Waals surface area contributed by atoms with Crippen molar-refractivity contribution >= 4 is 22.1 Å². The van der Waals surface area contributed by atoms with Gasteiger partial charge in [0.2, 0.25) is 0 Å². The van der Waals surface area contributed by atoms with Crippen molar-refractivity contribution < 1.29 is 121 Å². The molecular weight excluding hydrogens is 703 g/mol. The molecule has 2 saturated carbocycles. The van der Waals surface area contributed by atoms with Gasteiger partial charge in [-0.2, -0.15) is 0 Å². The Kier molecular flexibility index (Phi) is 35.1. The smallest absolute Gasteiger partial charge is 0.748 e. The number of rotatable bonds is 8. The van der Waals surface area contributed by atoms with E-state index in [1.807, 2.05) is 0 Å². The monoisotopic (exact) mass is 775 g/mol. The maximum atomic E-state index is 11.2. The van der Waals surface area contributed by atoms with Crippen molar-refractivity contribution in [2.45, 2.75) is 168 Å². The van der Waals surface area contributed by atoms with Crippen LogP contribution in [0.4, 0.5) is 0 Å². The van der Waals surface area contributed by atoms with Gasteiger partial charge < -0.3 is 50.9 Å². The van der Waals surface area contributed by atoms with Gasteiger partial charge in [0.05, 0.1) is 15.9 Å². The Hall–Kier alpha value is 1.65. The maximum absolute atomic E-state index is 11.2. The van der Waals surface area contributed by atoms with Gasteiger partial charge in [0.25, 0.3) is 0 Å². The third-order valence-corrected chi connectivity index (χ3v) is 9.84. The molecule has 51 heavy (non-hydrogen) atoms. The van der Waals surface area contributed by atoms with Crippen LogP contribution in [-0.2, 0) is 19.7 Å². The number of aliphatic carboxylic acids is 2. The largest absolute Gasteiger partial charge is 1.00 e. The minimum Gasteiger partial charge on any atom is -0.748 e.